The lowest BCUT2D eigenvalue weighted by atomic mass is 9.72. The Morgan fingerprint density at radius 1 is 0.930 bits per heavy atom. The number of amides is 4. The number of halogens is 2. The average Bonchev–Trinajstić information content (AvgIpc) is 3.20. The number of allylic oxidation sites excluding steroid dienone is 1. The molecule has 0 aromatic heterocycles. The van der Waals surface area contributed by atoms with Crippen molar-refractivity contribution in [1.29, 1.82) is 0 Å². The number of piperidine rings is 1. The predicted molar refractivity (Wildman–Crippen MR) is 161 cm³/mol. The average molecular weight is 607 g/mol. The molecule has 0 spiro atoms. The normalized spacial score (nSPS) is 23.2. The first-order chi connectivity index (χ1) is 20.5. The second kappa shape index (κ2) is 11.6. The van der Waals surface area contributed by atoms with Gasteiger partial charge in [0, 0.05) is 50.7 Å². The third kappa shape index (κ3) is 6.03. The number of imide groups is 2. The van der Waals surface area contributed by atoms with E-state index >= 15 is 4.39 Å². The summed E-state index contributed by atoms with van der Waals surface area (Å²) in [5, 5.41) is 2.90. The number of piperazine rings is 1. The molecular formula is C33H36ClFN4O4. The van der Waals surface area contributed by atoms with Crippen LogP contribution in [-0.4, -0.2) is 77.1 Å². The number of fused-ring (bicyclic) bond motifs is 1. The van der Waals surface area contributed by atoms with Crippen LogP contribution in [0, 0.1) is 11.2 Å². The molecule has 2 aromatic rings. The molecular weight excluding hydrogens is 571 g/mol. The first-order valence-electron chi connectivity index (χ1n) is 14.9. The molecule has 3 aliphatic heterocycles. The molecule has 0 bridgehead atoms. The van der Waals surface area contributed by atoms with Crippen LogP contribution in [0.4, 0.5) is 4.39 Å². The minimum Gasteiger partial charge on any atom is -0.297 e. The van der Waals surface area contributed by atoms with Gasteiger partial charge in [-0.15, -0.1) is 0 Å². The second-order valence-electron chi connectivity index (χ2n) is 12.9. The summed E-state index contributed by atoms with van der Waals surface area (Å²) in [5.41, 5.74) is 4.70. The summed E-state index contributed by atoms with van der Waals surface area (Å²) < 4.78 is 15.2. The van der Waals surface area contributed by atoms with Gasteiger partial charge in [-0.1, -0.05) is 43.2 Å². The Kier molecular flexibility index (Phi) is 8.00. The molecule has 8 nitrogen and oxygen atoms in total. The number of nitrogens with zero attached hydrogens (tertiary/aromatic N) is 3. The number of carbonyl (C=O) groups excluding carboxylic acids is 4. The lowest BCUT2D eigenvalue weighted by Crippen LogP contribution is -2.54. The minimum atomic E-state index is -1.12. The van der Waals surface area contributed by atoms with Gasteiger partial charge in [-0.25, -0.2) is 4.39 Å². The van der Waals surface area contributed by atoms with Crippen molar-refractivity contribution in [3.8, 4) is 0 Å². The molecule has 1 unspecified atom stereocenters. The molecule has 226 valence electrons. The van der Waals surface area contributed by atoms with Gasteiger partial charge in [0.1, 0.15) is 11.9 Å². The smallest absolute Gasteiger partial charge is 0.265 e. The summed E-state index contributed by atoms with van der Waals surface area (Å²) in [7, 11) is 0. The highest BCUT2D eigenvalue weighted by Gasteiger charge is 2.46. The quantitative estimate of drug-likeness (QED) is 0.481. The second-order valence-corrected chi connectivity index (χ2v) is 13.4. The molecule has 4 amide bonds. The number of carbonyl (C=O) groups is 4. The van der Waals surface area contributed by atoms with E-state index in [9.17, 15) is 19.2 Å². The SMILES string of the molecule is CC1(C)CCC(CN2CCN(Cc3cc(F)c4c(c3)C(=O)N(C3CCC(=O)NC3=O)C4=O)CC2)=C(c2ccc(Cl)cc2)C1. The molecule has 2 aromatic carbocycles. The van der Waals surface area contributed by atoms with Crippen molar-refractivity contribution >= 4 is 40.8 Å². The molecule has 1 atom stereocenters. The number of hydrogen-bond donors (Lipinski definition) is 1. The predicted octanol–water partition coefficient (Wildman–Crippen LogP) is 4.66. The van der Waals surface area contributed by atoms with Gasteiger partial charge in [-0.2, -0.15) is 0 Å². The van der Waals surface area contributed by atoms with Gasteiger partial charge in [0.25, 0.3) is 11.8 Å². The number of benzene rings is 2. The summed E-state index contributed by atoms with van der Waals surface area (Å²) in [6.07, 6.45) is 3.32. The molecule has 3 heterocycles. The summed E-state index contributed by atoms with van der Waals surface area (Å²) in [4.78, 5) is 55.6. The fourth-order valence-electron chi connectivity index (χ4n) is 6.79. The van der Waals surface area contributed by atoms with Crippen molar-refractivity contribution in [3.63, 3.8) is 0 Å². The number of nitrogens with one attached hydrogen (secondary N) is 1. The first kappa shape index (κ1) is 29.7. The lowest BCUT2D eigenvalue weighted by molar-refractivity contribution is -0.136. The van der Waals surface area contributed by atoms with E-state index in [-0.39, 0.29) is 29.4 Å². The van der Waals surface area contributed by atoms with E-state index in [0.29, 0.717) is 12.1 Å². The van der Waals surface area contributed by atoms with Gasteiger partial charge < -0.3 is 0 Å². The molecule has 1 aliphatic carbocycles. The highest BCUT2D eigenvalue weighted by molar-refractivity contribution is 6.30. The van der Waals surface area contributed by atoms with Gasteiger partial charge in [-0.3, -0.25) is 39.2 Å². The van der Waals surface area contributed by atoms with E-state index < -0.39 is 35.5 Å². The molecule has 1 N–H and O–H groups in total. The van der Waals surface area contributed by atoms with Gasteiger partial charge in [0.15, 0.2) is 0 Å². The Morgan fingerprint density at radius 3 is 2.28 bits per heavy atom. The molecule has 2 saturated heterocycles. The molecule has 2 fully saturated rings. The van der Waals surface area contributed by atoms with Crippen molar-refractivity contribution in [2.45, 2.75) is 58.5 Å². The summed E-state index contributed by atoms with van der Waals surface area (Å²) in [6, 6.07) is 9.93. The van der Waals surface area contributed by atoms with Crippen molar-refractivity contribution < 1.29 is 23.6 Å². The summed E-state index contributed by atoms with van der Waals surface area (Å²) in [6.45, 7) is 9.36. The zero-order chi connectivity index (χ0) is 30.5. The topological polar surface area (TPSA) is 90.0 Å². The molecule has 0 radical (unpaired) electrons. The zero-order valence-electron chi connectivity index (χ0n) is 24.6. The van der Waals surface area contributed by atoms with Crippen molar-refractivity contribution in [3.05, 3.63) is 75.1 Å². The van der Waals surface area contributed by atoms with Crippen LogP contribution in [0.5, 0.6) is 0 Å². The zero-order valence-corrected chi connectivity index (χ0v) is 25.3. The standard InChI is InChI=1S/C33H36ClFN4O4/c1-33(2)10-9-22(25(17-33)21-3-5-23(34)6-4-21)19-38-13-11-37(12-14-38)18-20-15-24-29(26(35)16-20)32(43)39(31(24)42)27-7-8-28(40)36-30(27)41/h3-6,15-16,27H,7-14,17-19H2,1-2H3,(H,36,40,41). The van der Waals surface area contributed by atoms with E-state index in [1.807, 2.05) is 12.1 Å². The van der Waals surface area contributed by atoms with Crippen LogP contribution >= 0.6 is 11.6 Å². The first-order valence-corrected chi connectivity index (χ1v) is 15.3. The van der Waals surface area contributed by atoms with Gasteiger partial charge >= 0.3 is 0 Å². The van der Waals surface area contributed by atoms with Gasteiger partial charge in [0.05, 0.1) is 11.1 Å². The maximum Gasteiger partial charge on any atom is 0.265 e. The van der Waals surface area contributed by atoms with Crippen molar-refractivity contribution in [2.24, 2.45) is 5.41 Å². The molecule has 10 heteroatoms. The van der Waals surface area contributed by atoms with E-state index in [2.05, 4.69) is 41.1 Å². The van der Waals surface area contributed by atoms with Crippen LogP contribution in [-0.2, 0) is 16.1 Å². The van der Waals surface area contributed by atoms with Gasteiger partial charge in [0.2, 0.25) is 11.8 Å². The maximum absolute atomic E-state index is 15.2. The Morgan fingerprint density at radius 2 is 1.60 bits per heavy atom. The highest BCUT2D eigenvalue weighted by atomic mass is 35.5. The largest absolute Gasteiger partial charge is 0.297 e. The molecule has 0 saturated carbocycles. The van der Waals surface area contributed by atoms with Crippen molar-refractivity contribution in [2.75, 3.05) is 32.7 Å². The van der Waals surface area contributed by atoms with E-state index in [1.54, 1.807) is 6.07 Å². The summed E-state index contributed by atoms with van der Waals surface area (Å²) >= 11 is 6.16. The minimum absolute atomic E-state index is 0.0151. The van der Waals surface area contributed by atoms with Crippen LogP contribution in [0.1, 0.15) is 77.8 Å². The van der Waals surface area contributed by atoms with Gasteiger partial charge in [-0.05, 0) is 72.1 Å². The molecule has 4 aliphatic rings. The lowest BCUT2D eigenvalue weighted by Gasteiger charge is -2.38. The molecule has 6 rings (SSSR count). The Labute approximate surface area is 255 Å². The fourth-order valence-corrected chi connectivity index (χ4v) is 6.92. The Balaban J connectivity index is 1.11. The third-order valence-electron chi connectivity index (χ3n) is 9.22. The van der Waals surface area contributed by atoms with E-state index in [4.69, 9.17) is 11.6 Å². The van der Waals surface area contributed by atoms with Crippen LogP contribution in [0.3, 0.4) is 0 Å². The van der Waals surface area contributed by atoms with Crippen LogP contribution < -0.4 is 5.32 Å². The Bertz CT molecular complexity index is 1530. The number of hydrogen-bond acceptors (Lipinski definition) is 6. The summed E-state index contributed by atoms with van der Waals surface area (Å²) in [5.74, 6) is -3.45. The maximum atomic E-state index is 15.2. The van der Waals surface area contributed by atoms with Crippen LogP contribution in [0.25, 0.3) is 5.57 Å². The van der Waals surface area contributed by atoms with Crippen LogP contribution in [0.2, 0.25) is 5.02 Å². The third-order valence-corrected chi connectivity index (χ3v) is 9.47. The Hall–Kier alpha value is -3.40. The highest BCUT2D eigenvalue weighted by Crippen LogP contribution is 2.43. The van der Waals surface area contributed by atoms with E-state index in [1.165, 1.54) is 22.8 Å². The monoisotopic (exact) mass is 606 g/mol. The van der Waals surface area contributed by atoms with E-state index in [0.717, 1.165) is 61.9 Å². The fraction of sp³-hybridized carbons (Fsp3) is 0.455. The van der Waals surface area contributed by atoms with Crippen molar-refractivity contribution in [1.82, 2.24) is 20.0 Å². The van der Waals surface area contributed by atoms with Crippen LogP contribution in [0.15, 0.2) is 42.0 Å². The molecule has 43 heavy (non-hydrogen) atoms. The number of rotatable bonds is 6.